The first-order valence-electron chi connectivity index (χ1n) is 1.99. The second kappa shape index (κ2) is 3.24. The highest BCUT2D eigenvalue weighted by Gasteiger charge is 1.84. The lowest BCUT2D eigenvalue weighted by molar-refractivity contribution is 1.13. The Morgan fingerprint density at radius 3 is 2.29 bits per heavy atom. The highest BCUT2D eigenvalue weighted by atomic mass is 13.9. The fraction of sp³-hybridized carbons (Fsp3) is 0.143. The van der Waals surface area contributed by atoms with Crippen LogP contribution < -0.4 is 0 Å². The van der Waals surface area contributed by atoms with Crippen LogP contribution in [0.25, 0.3) is 0 Å². The summed E-state index contributed by atoms with van der Waals surface area (Å²) < 4.78 is 0. The maximum absolute atomic E-state index is 5.06. The molecule has 7 heavy (non-hydrogen) atoms. The van der Waals surface area contributed by atoms with E-state index in [2.05, 4.69) is 12.5 Å². The Kier molecular flexibility index (Phi) is 2.79. The minimum Gasteiger partial charge on any atom is -0.119 e. The Labute approximate surface area is 44.5 Å². The summed E-state index contributed by atoms with van der Waals surface area (Å²) >= 11 is 0. The quantitative estimate of drug-likeness (QED) is 0.356. The normalized spacial score (nSPS) is 11.3. The summed E-state index contributed by atoms with van der Waals surface area (Å²) in [5.74, 6) is 2.33. The average molecular weight is 91.1 g/mol. The molecule has 0 aromatic rings. The molecule has 0 nitrogen and oxygen atoms in total. The fourth-order valence-electron chi connectivity index (χ4n) is 0.202. The van der Waals surface area contributed by atoms with Crippen LogP contribution in [0.2, 0.25) is 0 Å². The van der Waals surface area contributed by atoms with E-state index in [0.717, 1.165) is 0 Å². The van der Waals surface area contributed by atoms with Crippen LogP contribution in [-0.4, -0.2) is 0 Å². The van der Waals surface area contributed by atoms with E-state index in [1.807, 2.05) is 0 Å². The molecule has 0 heterocycles. The zero-order valence-electron chi connectivity index (χ0n) is 4.09. The summed E-state index contributed by atoms with van der Waals surface area (Å²) in [4.78, 5) is 0. The van der Waals surface area contributed by atoms with Crippen LogP contribution in [-0.2, 0) is 0 Å². The third-order valence-corrected chi connectivity index (χ3v) is 0.654. The molecule has 0 rings (SSSR count). The Morgan fingerprint density at radius 1 is 1.71 bits per heavy atom. The summed E-state index contributed by atoms with van der Waals surface area (Å²) in [7, 11) is 0. The van der Waals surface area contributed by atoms with Crippen LogP contribution >= 0.6 is 0 Å². The van der Waals surface area contributed by atoms with Crippen molar-refractivity contribution in [3.8, 4) is 12.3 Å². The van der Waals surface area contributed by atoms with Crippen LogP contribution in [0, 0.1) is 24.8 Å². The molecular formula is C7H7. The summed E-state index contributed by atoms with van der Waals surface area (Å²) in [5, 5.41) is 0. The van der Waals surface area contributed by atoms with Crippen molar-refractivity contribution in [2.24, 2.45) is 5.92 Å². The summed E-state index contributed by atoms with van der Waals surface area (Å²) in [6.07, 6.45) is 8.00. The Hall–Kier alpha value is -0.960. The van der Waals surface area contributed by atoms with E-state index in [9.17, 15) is 0 Å². The standard InChI is InChI=1S/C7H7/c1-4-7(5-2)6-3/h1-2,4,6-7H,3H2. The molecule has 0 aliphatic heterocycles. The molecule has 0 aliphatic rings. The number of terminal acetylenes is 1. The molecule has 0 aliphatic carbocycles. The third kappa shape index (κ3) is 1.83. The van der Waals surface area contributed by atoms with Gasteiger partial charge in [-0.2, -0.15) is 0 Å². The van der Waals surface area contributed by atoms with E-state index < -0.39 is 0 Å². The predicted octanol–water partition coefficient (Wildman–Crippen LogP) is 1.41. The topological polar surface area (TPSA) is 0 Å². The fourth-order valence-corrected chi connectivity index (χ4v) is 0.202. The summed E-state index contributed by atoms with van der Waals surface area (Å²) in [6.45, 7) is 8.50. The first-order valence-corrected chi connectivity index (χ1v) is 1.99. The highest BCUT2D eigenvalue weighted by molar-refractivity contribution is 5.09. The van der Waals surface area contributed by atoms with Crippen molar-refractivity contribution in [3.05, 3.63) is 25.3 Å². The van der Waals surface area contributed by atoms with Crippen LogP contribution in [0.3, 0.4) is 0 Å². The molecule has 1 unspecified atom stereocenters. The van der Waals surface area contributed by atoms with Crippen LogP contribution in [0.4, 0.5) is 0 Å². The van der Waals surface area contributed by atoms with Crippen LogP contribution in [0.15, 0.2) is 18.7 Å². The maximum Gasteiger partial charge on any atom is 0.0561 e. The van der Waals surface area contributed by atoms with E-state index in [1.54, 1.807) is 6.08 Å². The molecule has 0 saturated carbocycles. The lowest BCUT2D eigenvalue weighted by Crippen LogP contribution is -1.80. The number of hydrogen-bond acceptors (Lipinski definition) is 0. The van der Waals surface area contributed by atoms with E-state index in [0.29, 0.717) is 0 Å². The van der Waals surface area contributed by atoms with E-state index in [-0.39, 0.29) is 5.92 Å². The second-order valence-electron chi connectivity index (χ2n) is 1.12. The van der Waals surface area contributed by atoms with Crippen molar-refractivity contribution < 1.29 is 0 Å². The molecule has 0 N–H and O–H groups in total. The lowest BCUT2D eigenvalue weighted by atomic mass is 10.2. The molecule has 1 radical (unpaired) electrons. The molecule has 0 fully saturated rings. The zero-order chi connectivity index (χ0) is 5.70. The van der Waals surface area contributed by atoms with E-state index >= 15 is 0 Å². The van der Waals surface area contributed by atoms with Gasteiger partial charge < -0.3 is 0 Å². The van der Waals surface area contributed by atoms with Crippen molar-refractivity contribution in [2.75, 3.05) is 0 Å². The highest BCUT2D eigenvalue weighted by Crippen LogP contribution is 1.92. The van der Waals surface area contributed by atoms with Gasteiger partial charge in [-0.3, -0.25) is 0 Å². The van der Waals surface area contributed by atoms with Gasteiger partial charge in [0.2, 0.25) is 0 Å². The van der Waals surface area contributed by atoms with Gasteiger partial charge >= 0.3 is 0 Å². The summed E-state index contributed by atoms with van der Waals surface area (Å²) in [6, 6.07) is 0. The molecule has 0 bridgehead atoms. The molecular weight excluding hydrogens is 84.1 g/mol. The molecule has 0 aromatic carbocycles. The molecule has 0 heteroatoms. The maximum atomic E-state index is 5.06. The number of rotatable bonds is 2. The Bertz CT molecular complexity index is 95.7. The van der Waals surface area contributed by atoms with E-state index in [4.69, 9.17) is 13.0 Å². The molecule has 0 spiro atoms. The number of hydrogen-bond donors (Lipinski definition) is 0. The lowest BCUT2D eigenvalue weighted by Gasteiger charge is -1.88. The molecule has 0 aromatic heterocycles. The van der Waals surface area contributed by atoms with Crippen LogP contribution in [0.5, 0.6) is 0 Å². The monoisotopic (exact) mass is 91.1 g/mol. The van der Waals surface area contributed by atoms with Crippen molar-refractivity contribution in [3.63, 3.8) is 0 Å². The van der Waals surface area contributed by atoms with Gasteiger partial charge in [0.25, 0.3) is 0 Å². The molecule has 0 saturated heterocycles. The Balaban J connectivity index is 3.65. The molecule has 0 amide bonds. The minimum absolute atomic E-state index is 0.0694. The third-order valence-electron chi connectivity index (χ3n) is 0.654. The SMILES string of the molecule is [CH]=CC(C#C)C=C. The van der Waals surface area contributed by atoms with E-state index in [1.165, 1.54) is 6.08 Å². The Morgan fingerprint density at radius 2 is 2.29 bits per heavy atom. The van der Waals surface area contributed by atoms with Gasteiger partial charge in [-0.05, 0) is 0 Å². The van der Waals surface area contributed by atoms with Crippen molar-refractivity contribution in [2.45, 2.75) is 0 Å². The van der Waals surface area contributed by atoms with Gasteiger partial charge in [-0.1, -0.05) is 24.7 Å². The first kappa shape index (κ1) is 6.04. The van der Waals surface area contributed by atoms with Crippen molar-refractivity contribution >= 4 is 0 Å². The largest absolute Gasteiger partial charge is 0.119 e. The van der Waals surface area contributed by atoms with Crippen LogP contribution in [0.1, 0.15) is 0 Å². The van der Waals surface area contributed by atoms with Gasteiger partial charge in [-0.15, -0.1) is 13.0 Å². The predicted molar refractivity (Wildman–Crippen MR) is 31.4 cm³/mol. The van der Waals surface area contributed by atoms with Gasteiger partial charge in [0.1, 0.15) is 0 Å². The van der Waals surface area contributed by atoms with Crippen molar-refractivity contribution in [1.82, 2.24) is 0 Å². The van der Waals surface area contributed by atoms with Gasteiger partial charge in [0.05, 0.1) is 5.92 Å². The zero-order valence-corrected chi connectivity index (χ0v) is 4.09. The average Bonchev–Trinajstić information content (AvgIpc) is 1.72. The van der Waals surface area contributed by atoms with Gasteiger partial charge in [-0.25, -0.2) is 0 Å². The molecule has 35 valence electrons. The minimum atomic E-state index is -0.0694. The second-order valence-corrected chi connectivity index (χ2v) is 1.12. The summed E-state index contributed by atoms with van der Waals surface area (Å²) in [5.41, 5.74) is 0. The number of allylic oxidation sites excluding steroid dienone is 2. The molecule has 1 atom stereocenters. The van der Waals surface area contributed by atoms with Gasteiger partial charge in [0, 0.05) is 0 Å². The van der Waals surface area contributed by atoms with Gasteiger partial charge in [0.15, 0.2) is 0 Å². The first-order chi connectivity index (χ1) is 3.35. The van der Waals surface area contributed by atoms with Crippen molar-refractivity contribution in [1.29, 1.82) is 0 Å². The smallest absolute Gasteiger partial charge is 0.0561 e.